The van der Waals surface area contributed by atoms with Gasteiger partial charge in [-0.3, -0.25) is 18.6 Å². The molecule has 0 aliphatic heterocycles. The first kappa shape index (κ1) is 53.0. The number of carbonyl (C=O) groups is 3. The van der Waals surface area contributed by atoms with Crippen molar-refractivity contribution in [2.24, 2.45) is 0 Å². The number of esters is 1. The molecule has 3 unspecified atom stereocenters. The number of rotatable bonds is 41. The number of nitrogens with one attached hydrogen (secondary N) is 1. The number of unbranched alkanes of at least 4 members (excludes halogenated alkanes) is 23. The third-order valence-corrected chi connectivity index (χ3v) is 10.4. The monoisotopic (exact) mass is 802 g/mol. The van der Waals surface area contributed by atoms with Gasteiger partial charge in [0.1, 0.15) is 12.7 Å². The molecule has 0 radical (unpaired) electrons. The van der Waals surface area contributed by atoms with E-state index in [-0.39, 0.29) is 12.8 Å². The zero-order chi connectivity index (χ0) is 40.7. The summed E-state index contributed by atoms with van der Waals surface area (Å²) >= 11 is 0. The first-order chi connectivity index (χ1) is 26.6. The minimum atomic E-state index is -4.75. The molecule has 0 aromatic rings. The van der Waals surface area contributed by atoms with E-state index in [1.165, 1.54) is 103 Å². The molecule has 0 saturated heterocycles. The highest BCUT2D eigenvalue weighted by Crippen LogP contribution is 2.43. The number of phosphoric ester groups is 1. The third-order valence-electron chi connectivity index (χ3n) is 9.49. The summed E-state index contributed by atoms with van der Waals surface area (Å²) in [4.78, 5) is 45.9. The second-order valence-electron chi connectivity index (χ2n) is 14.9. The average molecular weight is 802 g/mol. The minimum absolute atomic E-state index is 0.138. The van der Waals surface area contributed by atoms with Crippen molar-refractivity contribution in [3.63, 3.8) is 0 Å². The molecule has 11 nitrogen and oxygen atoms in total. The Morgan fingerprint density at radius 3 is 1.49 bits per heavy atom. The maximum Gasteiger partial charge on any atom is 0.472 e. The fourth-order valence-electron chi connectivity index (χ4n) is 6.05. The highest BCUT2D eigenvalue weighted by molar-refractivity contribution is 7.47. The van der Waals surface area contributed by atoms with Gasteiger partial charge in [-0.05, 0) is 44.9 Å². The molecule has 0 spiro atoms. The Labute approximate surface area is 334 Å². The molecule has 0 heterocycles. The Kier molecular flexibility index (Phi) is 37.4. The van der Waals surface area contributed by atoms with Crippen molar-refractivity contribution in [1.82, 2.24) is 5.32 Å². The largest absolute Gasteiger partial charge is 0.480 e. The quantitative estimate of drug-likeness (QED) is 0.0202. The van der Waals surface area contributed by atoms with E-state index in [0.29, 0.717) is 12.8 Å². The molecular weight excluding hydrogens is 721 g/mol. The number of aliphatic carboxylic acids is 1. The lowest BCUT2D eigenvalue weighted by atomic mass is 10.0. The highest BCUT2D eigenvalue weighted by Gasteiger charge is 2.28. The van der Waals surface area contributed by atoms with E-state index in [0.717, 1.165) is 57.8 Å². The van der Waals surface area contributed by atoms with Crippen LogP contribution >= 0.6 is 7.82 Å². The molecule has 3 atom stereocenters. The fourth-order valence-corrected chi connectivity index (χ4v) is 6.82. The van der Waals surface area contributed by atoms with Crippen molar-refractivity contribution < 1.29 is 47.8 Å². The number of allylic oxidation sites excluding steroid dienone is 4. The van der Waals surface area contributed by atoms with E-state index in [2.05, 4.69) is 43.5 Å². The van der Waals surface area contributed by atoms with Crippen molar-refractivity contribution in [3.8, 4) is 0 Å². The second-order valence-corrected chi connectivity index (χ2v) is 16.3. The van der Waals surface area contributed by atoms with Crippen molar-refractivity contribution in [2.45, 2.75) is 212 Å². The maximum atomic E-state index is 12.3. The SMILES string of the molecule is CCCCCC/C=C\C/C=C\CCCCCCCCCC(=O)NC(COP(=O)(O)OCC(O)COC(=O)CCCCCCCCCCCCCCC)C(=O)O. The van der Waals surface area contributed by atoms with Crippen LogP contribution in [0.15, 0.2) is 24.3 Å². The normalized spacial score (nSPS) is 14.0. The molecule has 0 aromatic carbocycles. The van der Waals surface area contributed by atoms with E-state index in [9.17, 15) is 34.1 Å². The van der Waals surface area contributed by atoms with Gasteiger partial charge in [0.05, 0.1) is 13.2 Å². The Morgan fingerprint density at radius 1 is 0.582 bits per heavy atom. The lowest BCUT2D eigenvalue weighted by Gasteiger charge is -2.18. The number of ether oxygens (including phenoxy) is 1. The van der Waals surface area contributed by atoms with Crippen LogP contribution in [0.5, 0.6) is 0 Å². The Morgan fingerprint density at radius 2 is 1.00 bits per heavy atom. The van der Waals surface area contributed by atoms with Gasteiger partial charge in [-0.25, -0.2) is 9.36 Å². The van der Waals surface area contributed by atoms with Crippen LogP contribution in [0.1, 0.15) is 200 Å². The van der Waals surface area contributed by atoms with E-state index in [4.69, 9.17) is 13.8 Å². The number of hydrogen-bond acceptors (Lipinski definition) is 8. The van der Waals surface area contributed by atoms with Crippen molar-refractivity contribution in [3.05, 3.63) is 24.3 Å². The molecule has 0 rings (SSSR count). The average Bonchev–Trinajstić information content (AvgIpc) is 3.16. The molecule has 0 bridgehead atoms. The number of carbonyl (C=O) groups excluding carboxylic acids is 2. The highest BCUT2D eigenvalue weighted by atomic mass is 31.2. The lowest BCUT2D eigenvalue weighted by Crippen LogP contribution is -2.43. The van der Waals surface area contributed by atoms with Crippen molar-refractivity contribution in [1.29, 1.82) is 0 Å². The molecule has 0 saturated carbocycles. The van der Waals surface area contributed by atoms with Crippen LogP contribution in [0.2, 0.25) is 0 Å². The topological polar surface area (TPSA) is 169 Å². The van der Waals surface area contributed by atoms with Gasteiger partial charge in [-0.15, -0.1) is 0 Å². The van der Waals surface area contributed by atoms with Gasteiger partial charge in [0.25, 0.3) is 0 Å². The van der Waals surface area contributed by atoms with Gasteiger partial charge in [0.15, 0.2) is 6.04 Å². The second kappa shape index (κ2) is 38.8. The van der Waals surface area contributed by atoms with Gasteiger partial charge >= 0.3 is 19.8 Å². The molecular formula is C43H80NO10P. The van der Waals surface area contributed by atoms with Gasteiger partial charge in [0, 0.05) is 12.8 Å². The number of carboxylic acid groups (broad SMARTS) is 1. The van der Waals surface area contributed by atoms with Gasteiger partial charge < -0.3 is 25.2 Å². The van der Waals surface area contributed by atoms with Crippen LogP contribution in [0.25, 0.3) is 0 Å². The lowest BCUT2D eigenvalue weighted by molar-refractivity contribution is -0.147. The first-order valence-electron chi connectivity index (χ1n) is 21.9. The van der Waals surface area contributed by atoms with E-state index < -0.39 is 57.6 Å². The van der Waals surface area contributed by atoms with Crippen LogP contribution in [0.3, 0.4) is 0 Å². The number of phosphoric acid groups is 1. The minimum Gasteiger partial charge on any atom is -0.480 e. The Bertz CT molecular complexity index is 1040. The predicted molar refractivity (Wildman–Crippen MR) is 222 cm³/mol. The van der Waals surface area contributed by atoms with Gasteiger partial charge in [-0.1, -0.05) is 167 Å². The molecule has 0 fully saturated rings. The molecule has 322 valence electrons. The summed E-state index contributed by atoms with van der Waals surface area (Å²) in [6.45, 7) is 2.58. The molecule has 55 heavy (non-hydrogen) atoms. The van der Waals surface area contributed by atoms with Crippen LogP contribution in [-0.2, 0) is 32.7 Å². The molecule has 1 amide bonds. The summed E-state index contributed by atoms with van der Waals surface area (Å²) in [6.07, 6.45) is 39.1. The Balaban J connectivity index is 3.91. The number of aliphatic hydroxyl groups excluding tert-OH is 1. The zero-order valence-corrected chi connectivity index (χ0v) is 35.6. The molecule has 0 aliphatic carbocycles. The van der Waals surface area contributed by atoms with Crippen molar-refractivity contribution >= 4 is 25.7 Å². The van der Waals surface area contributed by atoms with Gasteiger partial charge in [0.2, 0.25) is 5.91 Å². The summed E-state index contributed by atoms with van der Waals surface area (Å²) < 4.78 is 26.8. The summed E-state index contributed by atoms with van der Waals surface area (Å²) in [5, 5.41) is 21.8. The number of aliphatic hydroxyl groups is 1. The van der Waals surface area contributed by atoms with E-state index in [1.54, 1.807) is 0 Å². The molecule has 0 aromatic heterocycles. The van der Waals surface area contributed by atoms with E-state index >= 15 is 0 Å². The summed E-state index contributed by atoms with van der Waals surface area (Å²) in [5.74, 6) is -2.38. The summed E-state index contributed by atoms with van der Waals surface area (Å²) in [6, 6.07) is -1.55. The van der Waals surface area contributed by atoms with Crippen molar-refractivity contribution in [2.75, 3.05) is 19.8 Å². The fraction of sp³-hybridized carbons (Fsp3) is 0.837. The third kappa shape index (κ3) is 38.6. The molecule has 12 heteroatoms. The summed E-state index contributed by atoms with van der Waals surface area (Å²) in [7, 11) is -4.75. The zero-order valence-electron chi connectivity index (χ0n) is 34.7. The van der Waals surface area contributed by atoms with E-state index in [1.807, 2.05) is 0 Å². The number of carboxylic acids is 1. The van der Waals surface area contributed by atoms with Crippen LogP contribution < -0.4 is 5.32 Å². The Hall–Kier alpha value is -2.04. The molecule has 4 N–H and O–H groups in total. The summed E-state index contributed by atoms with van der Waals surface area (Å²) in [5.41, 5.74) is 0. The molecule has 0 aliphatic rings. The van der Waals surface area contributed by atoms with Gasteiger partial charge in [-0.2, -0.15) is 0 Å². The van der Waals surface area contributed by atoms with Crippen LogP contribution in [0.4, 0.5) is 0 Å². The predicted octanol–water partition coefficient (Wildman–Crippen LogP) is 11.1. The maximum absolute atomic E-state index is 12.3. The first-order valence-corrected chi connectivity index (χ1v) is 23.4. The van der Waals surface area contributed by atoms with Crippen LogP contribution in [0, 0.1) is 0 Å². The standard InChI is InChI=1S/C43H80NO10P/c1-3-5-7-9-11-13-15-17-18-19-20-21-23-24-26-28-30-32-34-41(46)44-40(43(48)49)38-54-55(50,51)53-37-39(45)36-52-42(47)35-33-31-29-27-25-22-16-14-12-10-8-6-4-2/h13,15,18-19,39-40,45H,3-12,14,16-17,20-38H2,1-2H3,(H,44,46)(H,48,49)(H,50,51)/b15-13-,19-18-. The smallest absolute Gasteiger partial charge is 0.472 e. The number of hydrogen-bond donors (Lipinski definition) is 4. The van der Waals surface area contributed by atoms with Crippen LogP contribution in [-0.4, -0.2) is 64.9 Å². The number of amides is 1.